The van der Waals surface area contributed by atoms with Gasteiger partial charge in [-0.15, -0.1) is 0 Å². The summed E-state index contributed by atoms with van der Waals surface area (Å²) in [5.74, 6) is 0.650. The molecule has 1 fully saturated rings. The van der Waals surface area contributed by atoms with Gasteiger partial charge < -0.3 is 14.7 Å². The lowest BCUT2D eigenvalue weighted by atomic mass is 9.90. The molecule has 7 heteroatoms. The van der Waals surface area contributed by atoms with Crippen molar-refractivity contribution < 1.29 is 14.6 Å². The number of hydrogen-bond acceptors (Lipinski definition) is 4. The van der Waals surface area contributed by atoms with Gasteiger partial charge in [-0.2, -0.15) is 5.10 Å². The molecule has 3 rings (SSSR count). The van der Waals surface area contributed by atoms with Gasteiger partial charge in [0.25, 0.3) is 0 Å². The fourth-order valence-electron chi connectivity index (χ4n) is 3.12. The standard InChI is InChI=1S/C19H24ClN3O3/c1-19(25)8-9-23(18(24)7-6-14-11-21-22(2)12-14)13-17(19)26-16-5-3-4-15(20)10-16/h3-5,10-12,17,25H,6-9,13H2,1-2H3/t17-,19-/m0/s1. The fraction of sp³-hybridized carbons (Fsp3) is 0.474. The summed E-state index contributed by atoms with van der Waals surface area (Å²) in [4.78, 5) is 14.3. The number of carbonyl (C=O) groups excluding carboxylic acids is 1. The van der Waals surface area contributed by atoms with E-state index in [-0.39, 0.29) is 5.91 Å². The Morgan fingerprint density at radius 2 is 2.31 bits per heavy atom. The summed E-state index contributed by atoms with van der Waals surface area (Å²) in [6.45, 7) is 2.62. The van der Waals surface area contributed by atoms with Crippen LogP contribution in [0.4, 0.5) is 0 Å². The predicted octanol–water partition coefficient (Wildman–Crippen LogP) is 2.44. The second-order valence-corrected chi connectivity index (χ2v) is 7.47. The largest absolute Gasteiger partial charge is 0.486 e. The molecule has 1 N–H and O–H groups in total. The highest BCUT2D eigenvalue weighted by atomic mass is 35.5. The number of ether oxygens (including phenoxy) is 1. The fourth-order valence-corrected chi connectivity index (χ4v) is 3.30. The van der Waals surface area contributed by atoms with Crippen molar-refractivity contribution in [2.24, 2.45) is 7.05 Å². The van der Waals surface area contributed by atoms with Crippen molar-refractivity contribution in [3.05, 3.63) is 47.2 Å². The molecule has 0 radical (unpaired) electrons. The zero-order valence-corrected chi connectivity index (χ0v) is 15.8. The number of likely N-dealkylation sites (tertiary alicyclic amines) is 1. The molecule has 1 aromatic heterocycles. The van der Waals surface area contributed by atoms with Crippen LogP contribution in [-0.4, -0.2) is 50.5 Å². The first-order valence-electron chi connectivity index (χ1n) is 8.73. The minimum atomic E-state index is -0.998. The van der Waals surface area contributed by atoms with Crippen molar-refractivity contribution in [1.82, 2.24) is 14.7 Å². The van der Waals surface area contributed by atoms with Gasteiger partial charge in [0.1, 0.15) is 17.5 Å². The van der Waals surface area contributed by atoms with Gasteiger partial charge in [-0.1, -0.05) is 17.7 Å². The van der Waals surface area contributed by atoms with Crippen molar-refractivity contribution in [3.8, 4) is 5.75 Å². The van der Waals surface area contributed by atoms with E-state index in [0.29, 0.717) is 43.1 Å². The molecule has 26 heavy (non-hydrogen) atoms. The van der Waals surface area contributed by atoms with E-state index >= 15 is 0 Å². The van der Waals surface area contributed by atoms with Gasteiger partial charge in [0.2, 0.25) is 5.91 Å². The van der Waals surface area contributed by atoms with E-state index in [2.05, 4.69) is 5.10 Å². The molecular formula is C19H24ClN3O3. The molecule has 2 heterocycles. The van der Waals surface area contributed by atoms with Crippen LogP contribution in [0.1, 0.15) is 25.3 Å². The van der Waals surface area contributed by atoms with E-state index in [1.54, 1.807) is 47.0 Å². The molecule has 1 amide bonds. The number of hydrogen-bond donors (Lipinski definition) is 1. The summed E-state index contributed by atoms with van der Waals surface area (Å²) in [7, 11) is 1.86. The molecule has 0 aliphatic carbocycles. The Morgan fingerprint density at radius 1 is 1.50 bits per heavy atom. The summed E-state index contributed by atoms with van der Waals surface area (Å²) in [5.41, 5.74) is 0.0409. The van der Waals surface area contributed by atoms with Gasteiger partial charge in [-0.25, -0.2) is 0 Å². The van der Waals surface area contributed by atoms with Crippen LogP contribution >= 0.6 is 11.6 Å². The number of benzene rings is 1. The van der Waals surface area contributed by atoms with Gasteiger partial charge in [-0.3, -0.25) is 9.48 Å². The summed E-state index contributed by atoms with van der Waals surface area (Å²) < 4.78 is 7.69. The smallest absolute Gasteiger partial charge is 0.223 e. The van der Waals surface area contributed by atoms with E-state index in [4.69, 9.17) is 16.3 Å². The monoisotopic (exact) mass is 377 g/mol. The molecule has 1 aliphatic heterocycles. The first kappa shape index (κ1) is 18.7. The quantitative estimate of drug-likeness (QED) is 0.869. The number of aliphatic hydroxyl groups is 1. The second kappa shape index (κ2) is 7.68. The molecule has 1 aliphatic rings. The van der Waals surface area contributed by atoms with E-state index in [1.807, 2.05) is 13.2 Å². The Labute approximate surface area is 158 Å². The van der Waals surface area contributed by atoms with E-state index in [1.165, 1.54) is 0 Å². The maximum absolute atomic E-state index is 12.6. The third kappa shape index (κ3) is 4.56. The number of nitrogens with zero attached hydrogens (tertiary/aromatic N) is 3. The molecule has 1 aromatic carbocycles. The number of piperidine rings is 1. The van der Waals surface area contributed by atoms with Gasteiger partial charge in [-0.05, 0) is 43.5 Å². The van der Waals surface area contributed by atoms with Crippen molar-refractivity contribution in [3.63, 3.8) is 0 Å². The maximum atomic E-state index is 12.6. The van der Waals surface area contributed by atoms with Crippen molar-refractivity contribution >= 4 is 17.5 Å². The number of carbonyl (C=O) groups is 1. The average Bonchev–Trinajstić information content (AvgIpc) is 3.00. The van der Waals surface area contributed by atoms with Crippen LogP contribution in [0.5, 0.6) is 5.75 Å². The van der Waals surface area contributed by atoms with Crippen LogP contribution in [0.25, 0.3) is 0 Å². The predicted molar refractivity (Wildman–Crippen MR) is 99.2 cm³/mol. The molecule has 2 aromatic rings. The minimum absolute atomic E-state index is 0.0593. The Hall–Kier alpha value is -2.05. The molecule has 1 saturated heterocycles. The topological polar surface area (TPSA) is 67.6 Å². The molecule has 0 saturated carbocycles. The summed E-state index contributed by atoms with van der Waals surface area (Å²) in [5, 5.41) is 15.4. The van der Waals surface area contributed by atoms with Gasteiger partial charge in [0, 0.05) is 31.2 Å². The SMILES string of the molecule is Cn1cc(CCC(=O)N2CC[C@](C)(O)[C@@H](Oc3cccc(Cl)c3)C2)cn1. The number of halogens is 1. The van der Waals surface area contributed by atoms with Gasteiger partial charge >= 0.3 is 0 Å². The van der Waals surface area contributed by atoms with E-state index in [0.717, 1.165) is 5.56 Å². The lowest BCUT2D eigenvalue weighted by Crippen LogP contribution is -2.57. The number of amides is 1. The number of rotatable bonds is 5. The lowest BCUT2D eigenvalue weighted by Gasteiger charge is -2.42. The molecule has 6 nitrogen and oxygen atoms in total. The summed E-state index contributed by atoms with van der Waals surface area (Å²) in [6.07, 6.45) is 4.73. The molecule has 0 unspecified atom stereocenters. The van der Waals surface area contributed by atoms with Crippen LogP contribution in [0.3, 0.4) is 0 Å². The van der Waals surface area contributed by atoms with E-state index in [9.17, 15) is 9.90 Å². The first-order chi connectivity index (χ1) is 12.3. The van der Waals surface area contributed by atoms with Crippen LogP contribution in [-0.2, 0) is 18.3 Å². The number of aryl methyl sites for hydroxylation is 2. The molecule has 2 atom stereocenters. The van der Waals surface area contributed by atoms with Gasteiger partial charge in [0.05, 0.1) is 12.7 Å². The average molecular weight is 378 g/mol. The van der Waals surface area contributed by atoms with Crippen LogP contribution in [0.15, 0.2) is 36.7 Å². The van der Waals surface area contributed by atoms with Crippen molar-refractivity contribution in [1.29, 1.82) is 0 Å². The Bertz CT molecular complexity index is 775. The first-order valence-corrected chi connectivity index (χ1v) is 9.11. The molecule has 0 spiro atoms. The Balaban J connectivity index is 1.61. The normalized spacial score (nSPS) is 23.1. The summed E-state index contributed by atoms with van der Waals surface area (Å²) >= 11 is 6.00. The Morgan fingerprint density at radius 3 is 3.00 bits per heavy atom. The zero-order chi connectivity index (χ0) is 18.7. The van der Waals surface area contributed by atoms with E-state index < -0.39 is 11.7 Å². The third-order valence-corrected chi connectivity index (χ3v) is 5.02. The molecule has 140 valence electrons. The lowest BCUT2D eigenvalue weighted by molar-refractivity contribution is -0.143. The van der Waals surface area contributed by atoms with Crippen LogP contribution in [0, 0.1) is 0 Å². The van der Waals surface area contributed by atoms with Crippen LogP contribution < -0.4 is 4.74 Å². The maximum Gasteiger partial charge on any atom is 0.223 e. The highest BCUT2D eigenvalue weighted by Crippen LogP contribution is 2.28. The minimum Gasteiger partial charge on any atom is -0.486 e. The second-order valence-electron chi connectivity index (χ2n) is 7.03. The Kier molecular flexibility index (Phi) is 5.53. The highest BCUT2D eigenvalue weighted by Gasteiger charge is 2.40. The summed E-state index contributed by atoms with van der Waals surface area (Å²) in [6, 6.07) is 7.07. The van der Waals surface area contributed by atoms with Crippen LogP contribution in [0.2, 0.25) is 5.02 Å². The molecular weight excluding hydrogens is 354 g/mol. The van der Waals surface area contributed by atoms with Gasteiger partial charge in [0.15, 0.2) is 0 Å². The highest BCUT2D eigenvalue weighted by molar-refractivity contribution is 6.30. The number of aromatic nitrogens is 2. The zero-order valence-electron chi connectivity index (χ0n) is 15.1. The van der Waals surface area contributed by atoms with Crippen molar-refractivity contribution in [2.75, 3.05) is 13.1 Å². The molecule has 0 bridgehead atoms. The third-order valence-electron chi connectivity index (χ3n) is 4.78. The van der Waals surface area contributed by atoms with Crippen molar-refractivity contribution in [2.45, 2.75) is 37.9 Å².